The Morgan fingerprint density at radius 3 is 2.73 bits per heavy atom. The molecule has 0 amide bonds. The van der Waals surface area contributed by atoms with Crippen LogP contribution >= 0.6 is 0 Å². The third kappa shape index (κ3) is 4.01. The monoisotopic (exact) mass is 511 g/mol. The van der Waals surface area contributed by atoms with Crippen LogP contribution in [0.25, 0.3) is 0 Å². The second kappa shape index (κ2) is 9.57. The van der Waals surface area contributed by atoms with Gasteiger partial charge in [0, 0.05) is 31.1 Å². The van der Waals surface area contributed by atoms with Gasteiger partial charge >= 0.3 is 5.97 Å². The fourth-order valence-electron chi connectivity index (χ4n) is 7.02. The van der Waals surface area contributed by atoms with Gasteiger partial charge in [-0.25, -0.2) is 4.79 Å². The van der Waals surface area contributed by atoms with Crippen molar-refractivity contribution < 1.29 is 33.6 Å². The van der Waals surface area contributed by atoms with Gasteiger partial charge in [0.25, 0.3) is 0 Å². The van der Waals surface area contributed by atoms with Crippen LogP contribution in [0.1, 0.15) is 44.6 Å². The van der Waals surface area contributed by atoms with Gasteiger partial charge in [-0.1, -0.05) is 38.7 Å². The molecule has 37 heavy (non-hydrogen) atoms. The quantitative estimate of drug-likeness (QED) is 0.470. The van der Waals surface area contributed by atoms with E-state index in [1.165, 1.54) is 0 Å². The molecule has 5 rings (SSSR count). The molecule has 0 aromatic carbocycles. The number of ether oxygens (including phenoxy) is 4. The van der Waals surface area contributed by atoms with E-state index in [9.17, 15) is 14.7 Å². The summed E-state index contributed by atoms with van der Waals surface area (Å²) in [6.45, 7) is 11.6. The maximum absolute atomic E-state index is 14.0. The highest BCUT2D eigenvalue weighted by Crippen LogP contribution is 2.60. The van der Waals surface area contributed by atoms with E-state index < -0.39 is 53.9 Å². The number of aliphatic hydroxyl groups is 1. The van der Waals surface area contributed by atoms with Crippen molar-refractivity contribution in [1.29, 1.82) is 0 Å². The molecular weight excluding hydrogens is 474 g/mol. The van der Waals surface area contributed by atoms with Crippen molar-refractivity contribution in [3.63, 3.8) is 0 Å². The number of methoxy groups -OCH3 is 1. The predicted octanol–water partition coefficient (Wildman–Crippen LogP) is 3.60. The lowest BCUT2D eigenvalue weighted by Gasteiger charge is -2.46. The Morgan fingerprint density at radius 2 is 2.08 bits per heavy atom. The standard InChI is InChI=1S/C29H37NO7/c1-14-12-15(2)29-19(13-22(34-6)18(5)35-25(14)17(4)31)9-10-20-23(29)24(32)16(3)26(27(20)37-29)36-28(33)21-8-7-11-30-21/h7-12,14,16-17,19-20,22-23,25-27,30-31H,5,13H2,1-4,6H3/b15-12+/t14-,16-,17?,19?,20-,22+,23+,25+,26-,27-,29+/m1/s1. The van der Waals surface area contributed by atoms with Gasteiger partial charge in [0.2, 0.25) is 0 Å². The van der Waals surface area contributed by atoms with Gasteiger partial charge in [0.15, 0.2) is 0 Å². The number of hydrogen-bond acceptors (Lipinski definition) is 7. The van der Waals surface area contributed by atoms with Crippen molar-refractivity contribution in [2.75, 3.05) is 7.11 Å². The molecule has 11 atom stereocenters. The first-order valence-corrected chi connectivity index (χ1v) is 13.1. The van der Waals surface area contributed by atoms with Crippen LogP contribution in [0, 0.1) is 29.6 Å². The molecule has 1 spiro atoms. The Bertz CT molecular complexity index is 1120. The number of aromatic nitrogens is 1. The van der Waals surface area contributed by atoms with Crippen LogP contribution in [0.4, 0.5) is 0 Å². The normalized spacial score (nSPS) is 43.3. The van der Waals surface area contributed by atoms with Crippen LogP contribution in [-0.4, -0.2) is 65.1 Å². The first-order valence-electron chi connectivity index (χ1n) is 13.1. The minimum atomic E-state index is -0.922. The van der Waals surface area contributed by atoms with Crippen LogP contribution in [0.2, 0.25) is 0 Å². The molecule has 2 fully saturated rings. The molecule has 0 radical (unpaired) electrons. The van der Waals surface area contributed by atoms with E-state index in [1.807, 2.05) is 20.8 Å². The SMILES string of the molecule is C=C1O[C@H](C(C)O)[C@H](C)/C=C(\C)[C@]23O[C@@H]4[C@H](C=CC2C[C@@H]1OC)[C@H]3C(=O)[C@@H](C)[C@H]4OC(=O)c1ccc[nH]1. The number of hydrogen-bond donors (Lipinski definition) is 2. The summed E-state index contributed by atoms with van der Waals surface area (Å²) in [5.74, 6) is -1.55. The van der Waals surface area contributed by atoms with Crippen LogP contribution in [-0.2, 0) is 23.7 Å². The van der Waals surface area contributed by atoms with Gasteiger partial charge in [-0.05, 0) is 38.0 Å². The van der Waals surface area contributed by atoms with E-state index in [0.717, 1.165) is 5.57 Å². The highest BCUT2D eigenvalue weighted by atomic mass is 16.6. The molecule has 2 unspecified atom stereocenters. The number of carbonyl (C=O) groups excluding carboxylic acids is 2. The highest BCUT2D eigenvalue weighted by Gasteiger charge is 2.69. The van der Waals surface area contributed by atoms with Gasteiger partial charge in [-0.15, -0.1) is 0 Å². The Labute approximate surface area is 217 Å². The molecule has 2 aliphatic carbocycles. The summed E-state index contributed by atoms with van der Waals surface area (Å²) >= 11 is 0. The number of aromatic amines is 1. The molecule has 8 nitrogen and oxygen atoms in total. The fourth-order valence-corrected chi connectivity index (χ4v) is 7.02. The highest BCUT2D eigenvalue weighted by molar-refractivity contribution is 5.91. The van der Waals surface area contributed by atoms with Crippen LogP contribution < -0.4 is 0 Å². The molecule has 1 saturated heterocycles. The molecule has 4 bridgehead atoms. The molecule has 200 valence electrons. The average Bonchev–Trinajstić information content (AvgIpc) is 3.46. The number of ketones is 1. The zero-order valence-corrected chi connectivity index (χ0v) is 22.0. The lowest BCUT2D eigenvalue weighted by atomic mass is 9.58. The van der Waals surface area contributed by atoms with E-state index in [2.05, 4.69) is 29.8 Å². The summed E-state index contributed by atoms with van der Waals surface area (Å²) in [5, 5.41) is 10.5. The number of aliphatic hydroxyl groups excluding tert-OH is 1. The first kappa shape index (κ1) is 25.9. The van der Waals surface area contributed by atoms with Gasteiger partial charge < -0.3 is 29.0 Å². The Balaban J connectivity index is 1.58. The summed E-state index contributed by atoms with van der Waals surface area (Å²) < 4.78 is 24.8. The molecule has 2 aliphatic heterocycles. The van der Waals surface area contributed by atoms with Crippen molar-refractivity contribution in [2.45, 2.75) is 70.2 Å². The summed E-state index contributed by atoms with van der Waals surface area (Å²) in [6, 6.07) is 3.38. The van der Waals surface area contributed by atoms with Crippen molar-refractivity contribution >= 4 is 11.8 Å². The average molecular weight is 512 g/mol. The minimum absolute atomic E-state index is 0.0333. The molecular formula is C29H37NO7. The number of H-pyrrole nitrogens is 1. The Kier molecular flexibility index (Phi) is 6.71. The van der Waals surface area contributed by atoms with Crippen molar-refractivity contribution in [3.8, 4) is 0 Å². The zero-order chi connectivity index (χ0) is 26.6. The lowest BCUT2D eigenvalue weighted by molar-refractivity contribution is -0.136. The maximum Gasteiger partial charge on any atom is 0.355 e. The van der Waals surface area contributed by atoms with Gasteiger partial charge in [-0.3, -0.25) is 4.79 Å². The summed E-state index contributed by atoms with van der Waals surface area (Å²) in [5.41, 5.74) is 0.332. The fraction of sp³-hybridized carbons (Fsp3) is 0.586. The largest absolute Gasteiger partial charge is 0.489 e. The van der Waals surface area contributed by atoms with Gasteiger partial charge in [0.1, 0.15) is 47.3 Å². The van der Waals surface area contributed by atoms with Crippen molar-refractivity contribution in [2.24, 2.45) is 29.6 Å². The molecule has 8 heteroatoms. The van der Waals surface area contributed by atoms with Crippen LogP contribution in [0.5, 0.6) is 0 Å². The van der Waals surface area contributed by atoms with Gasteiger partial charge in [-0.2, -0.15) is 0 Å². The minimum Gasteiger partial charge on any atom is -0.489 e. The molecule has 1 saturated carbocycles. The second-order valence-electron chi connectivity index (χ2n) is 11.0. The molecule has 1 aromatic heterocycles. The zero-order valence-electron chi connectivity index (χ0n) is 22.0. The second-order valence-corrected chi connectivity index (χ2v) is 11.0. The molecule has 1 aromatic rings. The molecule has 4 aliphatic rings. The third-order valence-electron chi connectivity index (χ3n) is 8.83. The van der Waals surface area contributed by atoms with Crippen LogP contribution in [0.15, 0.2) is 54.5 Å². The van der Waals surface area contributed by atoms with Gasteiger partial charge in [0.05, 0.1) is 17.9 Å². The van der Waals surface area contributed by atoms with Crippen LogP contribution in [0.3, 0.4) is 0 Å². The van der Waals surface area contributed by atoms with E-state index in [0.29, 0.717) is 17.9 Å². The Hall–Kier alpha value is -2.68. The number of carbonyl (C=O) groups is 2. The summed E-state index contributed by atoms with van der Waals surface area (Å²) in [4.78, 5) is 29.8. The van der Waals surface area contributed by atoms with E-state index in [4.69, 9.17) is 18.9 Å². The Morgan fingerprint density at radius 1 is 1.32 bits per heavy atom. The van der Waals surface area contributed by atoms with Crippen molar-refractivity contribution in [3.05, 3.63) is 60.2 Å². The molecule has 2 N–H and O–H groups in total. The van der Waals surface area contributed by atoms with E-state index in [1.54, 1.807) is 32.4 Å². The topological polar surface area (TPSA) is 107 Å². The number of Topliss-reactive ketones (excluding diaryl/α,β-unsaturated/α-hetero) is 1. The number of nitrogens with one attached hydrogen (secondary N) is 1. The smallest absolute Gasteiger partial charge is 0.355 e. The van der Waals surface area contributed by atoms with Crippen molar-refractivity contribution in [1.82, 2.24) is 4.98 Å². The lowest BCUT2D eigenvalue weighted by Crippen LogP contribution is -2.55. The van der Waals surface area contributed by atoms with E-state index >= 15 is 0 Å². The maximum atomic E-state index is 14.0. The molecule has 3 heterocycles. The first-order chi connectivity index (χ1) is 17.6. The van der Waals surface area contributed by atoms with E-state index in [-0.39, 0.29) is 23.5 Å². The number of esters is 1. The third-order valence-corrected chi connectivity index (χ3v) is 8.83. The summed E-state index contributed by atoms with van der Waals surface area (Å²) in [6.07, 6.45) is 5.46. The summed E-state index contributed by atoms with van der Waals surface area (Å²) in [7, 11) is 1.60. The number of rotatable bonds is 4. The predicted molar refractivity (Wildman–Crippen MR) is 135 cm³/mol.